The first kappa shape index (κ1) is 22.0. The summed E-state index contributed by atoms with van der Waals surface area (Å²) >= 11 is 0. The topological polar surface area (TPSA) is 167 Å². The molecular weight excluding hydrogens is 444 g/mol. The molecule has 0 spiro atoms. The van der Waals surface area contributed by atoms with Crippen molar-refractivity contribution in [3.8, 4) is 0 Å². The van der Waals surface area contributed by atoms with E-state index in [4.69, 9.17) is 4.74 Å². The molecule has 0 radical (unpaired) electrons. The zero-order valence-corrected chi connectivity index (χ0v) is 18.1. The largest absolute Gasteiger partial charge is 0.480 e. The highest BCUT2D eigenvalue weighted by Gasteiger charge is 2.29. The quantitative estimate of drug-likeness (QED) is 0.248. The van der Waals surface area contributed by atoms with E-state index >= 15 is 0 Å². The molecular formula is C23H22N4O7. The fourth-order valence-corrected chi connectivity index (χ4v) is 4.84. The number of aliphatic carboxylic acids is 1. The summed E-state index contributed by atoms with van der Waals surface area (Å²) < 4.78 is 6.13. The van der Waals surface area contributed by atoms with E-state index in [1.807, 2.05) is 18.2 Å². The van der Waals surface area contributed by atoms with Crippen LogP contribution in [0.5, 0.6) is 0 Å². The van der Waals surface area contributed by atoms with E-state index in [2.05, 4.69) is 15.3 Å². The highest BCUT2D eigenvalue weighted by molar-refractivity contribution is 5.83. The normalized spacial score (nSPS) is 19.4. The van der Waals surface area contributed by atoms with E-state index in [0.717, 1.165) is 16.7 Å². The molecule has 11 heteroatoms. The van der Waals surface area contributed by atoms with Crippen molar-refractivity contribution in [2.45, 2.75) is 51.0 Å². The van der Waals surface area contributed by atoms with Crippen molar-refractivity contribution in [2.75, 3.05) is 0 Å². The van der Waals surface area contributed by atoms with Crippen LogP contribution in [0.4, 0.5) is 5.69 Å². The lowest BCUT2D eigenvalue weighted by molar-refractivity contribution is -0.385. The third-order valence-electron chi connectivity index (χ3n) is 6.58. The molecule has 176 valence electrons. The summed E-state index contributed by atoms with van der Waals surface area (Å²) in [5.41, 5.74) is 2.95. The summed E-state index contributed by atoms with van der Waals surface area (Å²) in [6.45, 7) is 0.803. The molecule has 0 saturated carbocycles. The Balaban J connectivity index is 1.38. The molecule has 1 aromatic heterocycles. The minimum Gasteiger partial charge on any atom is -0.480 e. The Labute approximate surface area is 191 Å². The Morgan fingerprint density at radius 2 is 1.91 bits per heavy atom. The van der Waals surface area contributed by atoms with E-state index in [-0.39, 0.29) is 17.3 Å². The van der Waals surface area contributed by atoms with Gasteiger partial charge in [-0.1, -0.05) is 18.2 Å². The Kier molecular flexibility index (Phi) is 5.50. The number of hydrogen-bond acceptors (Lipinski definition) is 7. The number of fused-ring (bicyclic) bond motifs is 4. The first-order chi connectivity index (χ1) is 16.3. The lowest BCUT2D eigenvalue weighted by Crippen LogP contribution is -2.41. The number of hydrogen-bond donors (Lipinski definition) is 4. The number of nitro benzene ring substituents is 1. The van der Waals surface area contributed by atoms with Gasteiger partial charge in [0.25, 0.3) is 5.69 Å². The molecule has 0 saturated heterocycles. The minimum atomic E-state index is -0.881. The maximum atomic E-state index is 11.9. The van der Waals surface area contributed by atoms with Crippen molar-refractivity contribution in [2.24, 2.45) is 0 Å². The van der Waals surface area contributed by atoms with Crippen molar-refractivity contribution < 1.29 is 19.6 Å². The molecule has 2 atom stereocenters. The summed E-state index contributed by atoms with van der Waals surface area (Å²) in [7, 11) is 0. The molecule has 34 heavy (non-hydrogen) atoms. The molecule has 3 aromatic rings. The number of aromatic amines is 2. The predicted octanol–water partition coefficient (Wildman–Crippen LogP) is 1.30. The van der Waals surface area contributed by atoms with Gasteiger partial charge in [0.1, 0.15) is 6.04 Å². The standard InChI is InChI=1S/C23H22N4O7/c28-21-22(29)26-20-16-7-14(3-4-15(16)19(27(32)33)8-17(20)25-21)34-10-11-1-2-12-9-24-18(23(30)31)6-13(12)5-11/h1-2,5,8,14,18,24H,3-4,6-7,9-10H2,(H,25,28)(H,26,29)(H,30,31). The smallest absolute Gasteiger partial charge is 0.321 e. The monoisotopic (exact) mass is 466 g/mol. The molecule has 0 fully saturated rings. The highest BCUT2D eigenvalue weighted by atomic mass is 16.6. The fraction of sp³-hybridized carbons (Fsp3) is 0.348. The van der Waals surface area contributed by atoms with Gasteiger partial charge in [-0.25, -0.2) is 0 Å². The van der Waals surface area contributed by atoms with Crippen LogP contribution in [0.3, 0.4) is 0 Å². The summed E-state index contributed by atoms with van der Waals surface area (Å²) in [4.78, 5) is 51.1. The summed E-state index contributed by atoms with van der Waals surface area (Å²) in [5, 5.41) is 23.9. The van der Waals surface area contributed by atoms with Crippen LogP contribution in [0.2, 0.25) is 0 Å². The maximum absolute atomic E-state index is 11.9. The number of nitro groups is 1. The van der Waals surface area contributed by atoms with Gasteiger partial charge in [0.15, 0.2) is 0 Å². The average molecular weight is 466 g/mol. The van der Waals surface area contributed by atoms with Crippen LogP contribution in [0, 0.1) is 10.1 Å². The summed E-state index contributed by atoms with van der Waals surface area (Å²) in [6.07, 6.45) is 1.49. The number of carboxylic acid groups (broad SMARTS) is 1. The van der Waals surface area contributed by atoms with Gasteiger partial charge < -0.3 is 25.1 Å². The molecule has 2 aromatic carbocycles. The molecule has 2 unspecified atom stereocenters. The second-order valence-corrected chi connectivity index (χ2v) is 8.70. The van der Waals surface area contributed by atoms with Gasteiger partial charge in [-0.15, -0.1) is 0 Å². The number of benzene rings is 2. The van der Waals surface area contributed by atoms with Crippen LogP contribution in [-0.2, 0) is 41.9 Å². The third-order valence-corrected chi connectivity index (χ3v) is 6.58. The number of ether oxygens (including phenoxy) is 1. The number of aromatic nitrogens is 2. The summed E-state index contributed by atoms with van der Waals surface area (Å²) in [6, 6.07) is 6.55. The lowest BCUT2D eigenvalue weighted by atomic mass is 9.87. The molecule has 2 heterocycles. The van der Waals surface area contributed by atoms with Crippen molar-refractivity contribution >= 4 is 22.7 Å². The predicted molar refractivity (Wildman–Crippen MR) is 121 cm³/mol. The Morgan fingerprint density at radius 3 is 2.68 bits per heavy atom. The highest BCUT2D eigenvalue weighted by Crippen LogP contribution is 2.35. The van der Waals surface area contributed by atoms with Crippen molar-refractivity contribution in [3.63, 3.8) is 0 Å². The minimum absolute atomic E-state index is 0.0834. The van der Waals surface area contributed by atoms with E-state index in [0.29, 0.717) is 55.5 Å². The molecule has 2 aliphatic rings. The SMILES string of the molecule is O=C(O)C1Cc2cc(COC3CCc4c([N+](=O)[O-])cc5[nH]c(=O)c(=O)[nH]c5c4C3)ccc2CN1. The van der Waals surface area contributed by atoms with E-state index < -0.39 is 28.1 Å². The van der Waals surface area contributed by atoms with Crippen LogP contribution in [0.1, 0.15) is 34.2 Å². The van der Waals surface area contributed by atoms with Crippen LogP contribution in [-0.4, -0.2) is 38.1 Å². The average Bonchev–Trinajstić information content (AvgIpc) is 2.82. The summed E-state index contributed by atoms with van der Waals surface area (Å²) in [5.74, 6) is -0.881. The van der Waals surface area contributed by atoms with Crippen LogP contribution >= 0.6 is 0 Å². The van der Waals surface area contributed by atoms with E-state index in [1.165, 1.54) is 6.07 Å². The molecule has 1 aliphatic carbocycles. The molecule has 4 N–H and O–H groups in total. The number of rotatable bonds is 5. The number of carbonyl (C=O) groups is 1. The Morgan fingerprint density at radius 1 is 1.12 bits per heavy atom. The second-order valence-electron chi connectivity index (χ2n) is 8.70. The van der Waals surface area contributed by atoms with E-state index in [1.54, 1.807) is 0 Å². The Hall–Kier alpha value is -3.83. The van der Waals surface area contributed by atoms with E-state index in [9.17, 15) is 29.6 Å². The molecule has 0 bridgehead atoms. The number of H-pyrrole nitrogens is 2. The molecule has 0 amide bonds. The fourth-order valence-electron chi connectivity index (χ4n) is 4.84. The van der Waals surface area contributed by atoms with Crippen molar-refractivity contribution in [1.29, 1.82) is 0 Å². The van der Waals surface area contributed by atoms with Crippen LogP contribution in [0.15, 0.2) is 33.9 Å². The van der Waals surface area contributed by atoms with Gasteiger partial charge in [0.05, 0.1) is 28.7 Å². The van der Waals surface area contributed by atoms with Gasteiger partial charge >= 0.3 is 17.1 Å². The first-order valence-corrected chi connectivity index (χ1v) is 10.9. The molecule has 11 nitrogen and oxygen atoms in total. The molecule has 1 aliphatic heterocycles. The third kappa shape index (κ3) is 3.99. The number of nitrogens with one attached hydrogen (secondary N) is 3. The maximum Gasteiger partial charge on any atom is 0.321 e. The Bertz CT molecular complexity index is 1440. The second kappa shape index (κ2) is 8.50. The zero-order chi connectivity index (χ0) is 24.0. The zero-order valence-electron chi connectivity index (χ0n) is 18.1. The molecule has 5 rings (SSSR count). The van der Waals surface area contributed by atoms with Crippen molar-refractivity contribution in [1.82, 2.24) is 15.3 Å². The van der Waals surface area contributed by atoms with Crippen LogP contribution < -0.4 is 16.4 Å². The van der Waals surface area contributed by atoms with Gasteiger partial charge in [-0.2, -0.15) is 0 Å². The van der Waals surface area contributed by atoms with Gasteiger partial charge in [0, 0.05) is 24.6 Å². The van der Waals surface area contributed by atoms with Crippen molar-refractivity contribution in [3.05, 3.63) is 82.9 Å². The number of nitrogens with zero attached hydrogens (tertiary/aromatic N) is 1. The number of carboxylic acids is 1. The van der Waals surface area contributed by atoms with Gasteiger partial charge in [-0.05, 0) is 41.5 Å². The first-order valence-electron chi connectivity index (χ1n) is 10.9. The van der Waals surface area contributed by atoms with Crippen LogP contribution in [0.25, 0.3) is 11.0 Å². The van der Waals surface area contributed by atoms with Gasteiger partial charge in [-0.3, -0.25) is 24.5 Å². The van der Waals surface area contributed by atoms with Gasteiger partial charge in [0.2, 0.25) is 0 Å². The lowest BCUT2D eigenvalue weighted by Gasteiger charge is -2.26.